The first kappa shape index (κ1) is 13.8. The fourth-order valence-corrected chi connectivity index (χ4v) is 4.31. The maximum absolute atomic E-state index is 5.82. The Balaban J connectivity index is 1.41. The van der Waals surface area contributed by atoms with Crippen molar-refractivity contribution in [1.29, 1.82) is 0 Å². The lowest BCUT2D eigenvalue weighted by atomic mass is 9.78. The maximum atomic E-state index is 5.82. The van der Waals surface area contributed by atoms with Crippen molar-refractivity contribution in [2.75, 3.05) is 6.54 Å². The van der Waals surface area contributed by atoms with E-state index in [9.17, 15) is 0 Å². The van der Waals surface area contributed by atoms with Crippen molar-refractivity contribution in [3.63, 3.8) is 0 Å². The molecule has 1 aromatic rings. The summed E-state index contributed by atoms with van der Waals surface area (Å²) >= 11 is 0. The summed E-state index contributed by atoms with van der Waals surface area (Å²) < 4.78 is 5.82. The van der Waals surface area contributed by atoms with Gasteiger partial charge in [0, 0.05) is 24.2 Å². The summed E-state index contributed by atoms with van der Waals surface area (Å²) in [4.78, 5) is 2.72. The fraction of sp³-hybridized carbons (Fsp3) is 0.778. The van der Waals surface area contributed by atoms with Crippen molar-refractivity contribution in [3.05, 3.63) is 23.7 Å². The molecule has 1 saturated heterocycles. The van der Waals surface area contributed by atoms with Gasteiger partial charge in [0.25, 0.3) is 0 Å². The second kappa shape index (κ2) is 6.13. The zero-order valence-electron chi connectivity index (χ0n) is 13.0. The number of hydrogen-bond donors (Lipinski definition) is 1. The van der Waals surface area contributed by atoms with Crippen LogP contribution in [0.4, 0.5) is 0 Å². The summed E-state index contributed by atoms with van der Waals surface area (Å²) in [6.07, 6.45) is 13.1. The van der Waals surface area contributed by atoms with Crippen LogP contribution in [0.1, 0.15) is 62.7 Å². The molecule has 3 nitrogen and oxygen atoms in total. The lowest BCUT2D eigenvalue weighted by molar-refractivity contribution is 0.0492. The molecule has 2 heterocycles. The van der Waals surface area contributed by atoms with E-state index >= 15 is 0 Å². The molecule has 0 amide bonds. The molecular formula is C18H28N2O. The molecule has 0 spiro atoms. The molecule has 2 atom stereocenters. The molecule has 4 rings (SSSR count). The highest BCUT2D eigenvalue weighted by molar-refractivity contribution is 5.17. The normalized spacial score (nSPS) is 30.3. The van der Waals surface area contributed by atoms with E-state index in [2.05, 4.69) is 16.3 Å². The molecule has 3 aliphatic rings. The van der Waals surface area contributed by atoms with E-state index in [-0.39, 0.29) is 0 Å². The Morgan fingerprint density at radius 2 is 1.95 bits per heavy atom. The molecule has 1 aliphatic heterocycles. The molecule has 1 aromatic heterocycles. The third-order valence-corrected chi connectivity index (χ3v) is 5.70. The van der Waals surface area contributed by atoms with Crippen LogP contribution in [0.5, 0.6) is 0 Å². The van der Waals surface area contributed by atoms with Crippen molar-refractivity contribution in [2.24, 2.45) is 5.92 Å². The number of rotatable bonds is 5. The molecule has 116 valence electrons. The van der Waals surface area contributed by atoms with Gasteiger partial charge < -0.3 is 9.73 Å². The van der Waals surface area contributed by atoms with Crippen molar-refractivity contribution in [3.8, 4) is 0 Å². The first-order valence-corrected chi connectivity index (χ1v) is 8.93. The average molecular weight is 288 g/mol. The summed E-state index contributed by atoms with van der Waals surface area (Å²) in [5.41, 5.74) is 1.37. The number of nitrogens with zero attached hydrogens (tertiary/aromatic N) is 1. The highest BCUT2D eigenvalue weighted by Crippen LogP contribution is 2.36. The number of hydrogen-bond acceptors (Lipinski definition) is 3. The average Bonchev–Trinajstić information content (AvgIpc) is 3.25. The minimum absolute atomic E-state index is 0.769. The predicted molar refractivity (Wildman–Crippen MR) is 84.0 cm³/mol. The molecule has 0 aromatic carbocycles. The largest absolute Gasteiger partial charge is 0.468 e. The smallest absolute Gasteiger partial charge is 0.122 e. The quantitative estimate of drug-likeness (QED) is 0.896. The van der Waals surface area contributed by atoms with Gasteiger partial charge in [-0.25, -0.2) is 0 Å². The molecule has 0 bridgehead atoms. The van der Waals surface area contributed by atoms with Gasteiger partial charge in [-0.2, -0.15) is 0 Å². The van der Waals surface area contributed by atoms with Gasteiger partial charge in [-0.05, 0) is 57.1 Å². The highest BCUT2D eigenvalue weighted by atomic mass is 16.3. The van der Waals surface area contributed by atoms with E-state index in [1.54, 1.807) is 0 Å². The van der Waals surface area contributed by atoms with Crippen LogP contribution in [-0.4, -0.2) is 23.5 Å². The standard InChI is InChI=1S/C18H28N2O/c1-2-6-17-14(4-1)5-3-10-20(17)13-18-15(9-11-21-18)12-19-16-7-8-16/h9,11,14,16-17,19H,1-8,10,12-13H2/t14-,17-/m1/s1. The first-order chi connectivity index (χ1) is 10.4. The molecule has 0 radical (unpaired) electrons. The van der Waals surface area contributed by atoms with Crippen LogP contribution in [0.2, 0.25) is 0 Å². The molecule has 3 fully saturated rings. The van der Waals surface area contributed by atoms with E-state index in [0.29, 0.717) is 0 Å². The fourth-order valence-electron chi connectivity index (χ4n) is 4.31. The molecular weight excluding hydrogens is 260 g/mol. The third kappa shape index (κ3) is 3.19. The molecule has 3 heteroatoms. The first-order valence-electron chi connectivity index (χ1n) is 8.93. The lowest BCUT2D eigenvalue weighted by Gasteiger charge is -2.44. The van der Waals surface area contributed by atoms with E-state index in [4.69, 9.17) is 4.42 Å². The van der Waals surface area contributed by atoms with Crippen LogP contribution in [0.15, 0.2) is 16.7 Å². The van der Waals surface area contributed by atoms with E-state index in [1.807, 2.05) is 6.26 Å². The Hall–Kier alpha value is -0.800. The van der Waals surface area contributed by atoms with Crippen LogP contribution < -0.4 is 5.32 Å². The number of piperidine rings is 1. The van der Waals surface area contributed by atoms with Crippen LogP contribution in [0.25, 0.3) is 0 Å². The Morgan fingerprint density at radius 3 is 2.86 bits per heavy atom. The number of nitrogens with one attached hydrogen (secondary N) is 1. The molecule has 21 heavy (non-hydrogen) atoms. The number of likely N-dealkylation sites (tertiary alicyclic amines) is 1. The van der Waals surface area contributed by atoms with Crippen LogP contribution in [0, 0.1) is 5.92 Å². The van der Waals surface area contributed by atoms with Gasteiger partial charge >= 0.3 is 0 Å². The third-order valence-electron chi connectivity index (χ3n) is 5.70. The van der Waals surface area contributed by atoms with Gasteiger partial charge in [-0.3, -0.25) is 4.90 Å². The van der Waals surface area contributed by atoms with Gasteiger partial charge in [-0.1, -0.05) is 12.8 Å². The second-order valence-corrected chi connectivity index (χ2v) is 7.25. The van der Waals surface area contributed by atoms with Gasteiger partial charge in [0.15, 0.2) is 0 Å². The van der Waals surface area contributed by atoms with E-state index in [0.717, 1.165) is 31.1 Å². The Kier molecular flexibility index (Phi) is 4.04. The molecule has 0 unspecified atom stereocenters. The van der Waals surface area contributed by atoms with Gasteiger partial charge in [0.05, 0.1) is 12.8 Å². The SMILES string of the molecule is c1cc(CNC2CC2)c(CN2CCC[C@H]3CCCC[C@H]32)o1. The van der Waals surface area contributed by atoms with Crippen LogP contribution >= 0.6 is 0 Å². The van der Waals surface area contributed by atoms with Crippen molar-refractivity contribution in [1.82, 2.24) is 10.2 Å². The second-order valence-electron chi connectivity index (χ2n) is 7.25. The summed E-state index contributed by atoms with van der Waals surface area (Å²) in [6.45, 7) is 3.27. The van der Waals surface area contributed by atoms with E-state index < -0.39 is 0 Å². The zero-order valence-corrected chi connectivity index (χ0v) is 13.0. The molecule has 1 N–H and O–H groups in total. The van der Waals surface area contributed by atoms with E-state index in [1.165, 1.54) is 69.2 Å². The van der Waals surface area contributed by atoms with Gasteiger partial charge in [-0.15, -0.1) is 0 Å². The summed E-state index contributed by atoms with van der Waals surface area (Å²) in [5, 5.41) is 3.61. The zero-order chi connectivity index (χ0) is 14.1. The predicted octanol–water partition coefficient (Wildman–Crippen LogP) is 3.69. The van der Waals surface area contributed by atoms with Crippen molar-refractivity contribution >= 4 is 0 Å². The molecule has 2 saturated carbocycles. The Bertz CT molecular complexity index is 464. The highest BCUT2D eigenvalue weighted by Gasteiger charge is 2.33. The number of fused-ring (bicyclic) bond motifs is 1. The topological polar surface area (TPSA) is 28.4 Å². The summed E-state index contributed by atoms with van der Waals surface area (Å²) in [5.74, 6) is 2.16. The number of furan rings is 1. The van der Waals surface area contributed by atoms with Gasteiger partial charge in [0.2, 0.25) is 0 Å². The van der Waals surface area contributed by atoms with Gasteiger partial charge in [0.1, 0.15) is 5.76 Å². The minimum Gasteiger partial charge on any atom is -0.468 e. The lowest BCUT2D eigenvalue weighted by Crippen LogP contribution is -2.46. The maximum Gasteiger partial charge on any atom is 0.122 e. The Morgan fingerprint density at radius 1 is 1.10 bits per heavy atom. The summed E-state index contributed by atoms with van der Waals surface area (Å²) in [7, 11) is 0. The van der Waals surface area contributed by atoms with Crippen molar-refractivity contribution in [2.45, 2.75) is 76.5 Å². The monoisotopic (exact) mass is 288 g/mol. The molecule has 2 aliphatic carbocycles. The summed E-state index contributed by atoms with van der Waals surface area (Å²) in [6, 6.07) is 3.75. The Labute approximate surface area is 128 Å². The van der Waals surface area contributed by atoms with Crippen molar-refractivity contribution < 1.29 is 4.42 Å². The minimum atomic E-state index is 0.769. The van der Waals surface area contributed by atoms with Crippen LogP contribution in [0.3, 0.4) is 0 Å². The van der Waals surface area contributed by atoms with Crippen LogP contribution in [-0.2, 0) is 13.1 Å².